The Balaban J connectivity index is 3.41. The van der Waals surface area contributed by atoms with Gasteiger partial charge in [0.05, 0.1) is 7.11 Å². The summed E-state index contributed by atoms with van der Waals surface area (Å²) in [5.41, 5.74) is 9.01. The van der Waals surface area contributed by atoms with E-state index in [1.54, 1.807) is 7.11 Å². The lowest BCUT2D eigenvalue weighted by atomic mass is 10.0. The molecular formula is C10H14BrNO. The predicted molar refractivity (Wildman–Crippen MR) is 58.1 cm³/mol. The lowest BCUT2D eigenvalue weighted by molar-refractivity contribution is 0.406. The van der Waals surface area contributed by atoms with E-state index in [0.717, 1.165) is 26.9 Å². The van der Waals surface area contributed by atoms with Crippen LogP contribution in [0.15, 0.2) is 10.5 Å². The number of nitrogens with two attached hydrogens (primary N) is 1. The van der Waals surface area contributed by atoms with Gasteiger partial charge in [-0.2, -0.15) is 0 Å². The van der Waals surface area contributed by atoms with Gasteiger partial charge in [-0.1, -0.05) is 15.9 Å². The zero-order valence-electron chi connectivity index (χ0n) is 8.15. The van der Waals surface area contributed by atoms with Crippen molar-refractivity contribution in [3.8, 4) is 5.75 Å². The molecule has 0 aliphatic carbocycles. The topological polar surface area (TPSA) is 35.2 Å². The average molecular weight is 244 g/mol. The van der Waals surface area contributed by atoms with Crippen LogP contribution >= 0.6 is 15.9 Å². The average Bonchev–Trinajstić information content (AvgIpc) is 2.10. The molecule has 1 aromatic carbocycles. The van der Waals surface area contributed by atoms with Crippen LogP contribution in [0.1, 0.15) is 16.7 Å². The second-order valence-corrected chi connectivity index (χ2v) is 3.87. The molecule has 72 valence electrons. The van der Waals surface area contributed by atoms with Crippen LogP contribution in [0.4, 0.5) is 0 Å². The first-order chi connectivity index (χ1) is 6.11. The van der Waals surface area contributed by atoms with Crippen LogP contribution in [0.3, 0.4) is 0 Å². The fourth-order valence-electron chi connectivity index (χ4n) is 1.43. The Morgan fingerprint density at radius 3 is 2.54 bits per heavy atom. The summed E-state index contributed by atoms with van der Waals surface area (Å²) < 4.78 is 6.39. The van der Waals surface area contributed by atoms with Crippen LogP contribution < -0.4 is 10.5 Å². The summed E-state index contributed by atoms with van der Waals surface area (Å²) >= 11 is 3.48. The molecule has 0 fully saturated rings. The van der Waals surface area contributed by atoms with Gasteiger partial charge in [0.1, 0.15) is 5.75 Å². The van der Waals surface area contributed by atoms with E-state index in [9.17, 15) is 0 Å². The molecule has 0 radical (unpaired) electrons. The fraction of sp³-hybridized carbons (Fsp3) is 0.400. The summed E-state index contributed by atoms with van der Waals surface area (Å²) in [6, 6.07) is 2.07. The molecular weight excluding hydrogens is 230 g/mol. The molecule has 0 saturated heterocycles. The first-order valence-electron chi connectivity index (χ1n) is 4.14. The molecule has 2 nitrogen and oxygen atoms in total. The molecule has 0 unspecified atom stereocenters. The standard InChI is InChI=1S/C10H14BrNO/c1-6-4-9(11)7(2)10(13-3)8(6)5-12/h4H,5,12H2,1-3H3. The highest BCUT2D eigenvalue weighted by atomic mass is 79.9. The van der Waals surface area contributed by atoms with Crippen LogP contribution in [0, 0.1) is 13.8 Å². The first kappa shape index (κ1) is 10.5. The Kier molecular flexibility index (Phi) is 3.33. The molecule has 0 aliphatic rings. The molecule has 3 heteroatoms. The van der Waals surface area contributed by atoms with E-state index in [1.165, 1.54) is 0 Å². The Morgan fingerprint density at radius 2 is 2.08 bits per heavy atom. The number of aryl methyl sites for hydroxylation is 1. The lowest BCUT2D eigenvalue weighted by Gasteiger charge is -2.14. The van der Waals surface area contributed by atoms with Crippen molar-refractivity contribution >= 4 is 15.9 Å². The van der Waals surface area contributed by atoms with Crippen molar-refractivity contribution in [2.75, 3.05) is 7.11 Å². The summed E-state index contributed by atoms with van der Waals surface area (Å²) in [7, 11) is 1.67. The third kappa shape index (κ3) is 1.86. The number of benzene rings is 1. The van der Waals surface area contributed by atoms with E-state index in [4.69, 9.17) is 10.5 Å². The van der Waals surface area contributed by atoms with Crippen molar-refractivity contribution in [3.63, 3.8) is 0 Å². The van der Waals surface area contributed by atoms with E-state index >= 15 is 0 Å². The molecule has 2 N–H and O–H groups in total. The molecule has 0 saturated carbocycles. The van der Waals surface area contributed by atoms with Crippen molar-refractivity contribution < 1.29 is 4.74 Å². The highest BCUT2D eigenvalue weighted by molar-refractivity contribution is 9.10. The Labute approximate surface area is 87.2 Å². The molecule has 13 heavy (non-hydrogen) atoms. The smallest absolute Gasteiger partial charge is 0.127 e. The van der Waals surface area contributed by atoms with Gasteiger partial charge in [0.15, 0.2) is 0 Å². The number of hydrogen-bond donors (Lipinski definition) is 1. The normalized spacial score (nSPS) is 10.2. The Bertz CT molecular complexity index is 323. The zero-order chi connectivity index (χ0) is 10.0. The van der Waals surface area contributed by atoms with Gasteiger partial charge in [-0.3, -0.25) is 0 Å². The molecule has 0 aromatic heterocycles. The summed E-state index contributed by atoms with van der Waals surface area (Å²) in [5, 5.41) is 0. The van der Waals surface area contributed by atoms with Crippen LogP contribution in [0.5, 0.6) is 5.75 Å². The van der Waals surface area contributed by atoms with Crippen molar-refractivity contribution in [1.82, 2.24) is 0 Å². The molecule has 0 aliphatic heterocycles. The van der Waals surface area contributed by atoms with Gasteiger partial charge in [0, 0.05) is 22.1 Å². The summed E-state index contributed by atoms with van der Waals surface area (Å²) in [6.07, 6.45) is 0. The third-order valence-electron chi connectivity index (χ3n) is 2.20. The first-order valence-corrected chi connectivity index (χ1v) is 4.93. The van der Waals surface area contributed by atoms with Gasteiger partial charge < -0.3 is 10.5 Å². The fourth-order valence-corrected chi connectivity index (χ4v) is 1.95. The van der Waals surface area contributed by atoms with Crippen LogP contribution in [0.2, 0.25) is 0 Å². The number of methoxy groups -OCH3 is 1. The maximum Gasteiger partial charge on any atom is 0.127 e. The monoisotopic (exact) mass is 243 g/mol. The minimum Gasteiger partial charge on any atom is -0.496 e. The van der Waals surface area contributed by atoms with E-state index in [1.807, 2.05) is 13.8 Å². The van der Waals surface area contributed by atoms with Gasteiger partial charge in [-0.05, 0) is 25.5 Å². The van der Waals surface area contributed by atoms with Gasteiger partial charge >= 0.3 is 0 Å². The predicted octanol–water partition coefficient (Wildman–Crippen LogP) is 2.53. The summed E-state index contributed by atoms with van der Waals surface area (Å²) in [6.45, 7) is 4.57. The molecule has 0 spiro atoms. The highest BCUT2D eigenvalue weighted by Gasteiger charge is 2.10. The van der Waals surface area contributed by atoms with Gasteiger partial charge in [0.2, 0.25) is 0 Å². The number of ether oxygens (including phenoxy) is 1. The quantitative estimate of drug-likeness (QED) is 0.867. The molecule has 1 rings (SSSR count). The molecule has 0 heterocycles. The van der Waals surface area contributed by atoms with E-state index < -0.39 is 0 Å². The Hall–Kier alpha value is -0.540. The Morgan fingerprint density at radius 1 is 1.46 bits per heavy atom. The highest BCUT2D eigenvalue weighted by Crippen LogP contribution is 2.32. The third-order valence-corrected chi connectivity index (χ3v) is 3.02. The summed E-state index contributed by atoms with van der Waals surface area (Å²) in [5.74, 6) is 0.898. The molecule has 0 atom stereocenters. The van der Waals surface area contributed by atoms with Crippen LogP contribution in [0.25, 0.3) is 0 Å². The van der Waals surface area contributed by atoms with Crippen molar-refractivity contribution in [3.05, 3.63) is 27.2 Å². The molecule has 0 bridgehead atoms. The second kappa shape index (κ2) is 4.11. The van der Waals surface area contributed by atoms with Crippen molar-refractivity contribution in [2.24, 2.45) is 5.73 Å². The minimum absolute atomic E-state index is 0.517. The van der Waals surface area contributed by atoms with Crippen LogP contribution in [-0.4, -0.2) is 7.11 Å². The number of halogens is 1. The number of hydrogen-bond acceptors (Lipinski definition) is 2. The van der Waals surface area contributed by atoms with E-state index in [-0.39, 0.29) is 0 Å². The minimum atomic E-state index is 0.517. The molecule has 1 aromatic rings. The maximum absolute atomic E-state index is 5.65. The zero-order valence-corrected chi connectivity index (χ0v) is 9.73. The van der Waals surface area contributed by atoms with E-state index in [0.29, 0.717) is 6.54 Å². The summed E-state index contributed by atoms with van der Waals surface area (Å²) in [4.78, 5) is 0. The second-order valence-electron chi connectivity index (χ2n) is 3.02. The van der Waals surface area contributed by atoms with Gasteiger partial charge in [0.25, 0.3) is 0 Å². The van der Waals surface area contributed by atoms with E-state index in [2.05, 4.69) is 22.0 Å². The largest absolute Gasteiger partial charge is 0.496 e. The van der Waals surface area contributed by atoms with Gasteiger partial charge in [-0.15, -0.1) is 0 Å². The number of rotatable bonds is 2. The van der Waals surface area contributed by atoms with Crippen LogP contribution in [-0.2, 0) is 6.54 Å². The SMILES string of the molecule is COc1c(C)c(Br)cc(C)c1CN. The van der Waals surface area contributed by atoms with Gasteiger partial charge in [-0.25, -0.2) is 0 Å². The molecule has 0 amide bonds. The van der Waals surface area contributed by atoms with Crippen molar-refractivity contribution in [1.29, 1.82) is 0 Å². The maximum atomic E-state index is 5.65. The lowest BCUT2D eigenvalue weighted by Crippen LogP contribution is -2.04. The van der Waals surface area contributed by atoms with Crippen molar-refractivity contribution in [2.45, 2.75) is 20.4 Å².